The second kappa shape index (κ2) is 5.79. The van der Waals surface area contributed by atoms with Crippen LogP contribution in [0, 0.1) is 0 Å². The maximum Gasteiger partial charge on any atom is 0.275 e. The normalized spacial score (nSPS) is 17.0. The molecule has 4 heteroatoms. The maximum absolute atomic E-state index is 12.4. The molecular weight excluding hydrogens is 264 g/mol. The monoisotopic (exact) mass is 280 g/mol. The molecule has 0 saturated heterocycles. The Morgan fingerprint density at radius 1 is 1.10 bits per heavy atom. The lowest BCUT2D eigenvalue weighted by molar-refractivity contribution is -0.112. The zero-order chi connectivity index (χ0) is 14.7. The van der Waals surface area contributed by atoms with Crippen molar-refractivity contribution in [3.63, 3.8) is 0 Å². The van der Waals surface area contributed by atoms with E-state index in [4.69, 9.17) is 4.84 Å². The molecule has 1 heterocycles. The average molecular weight is 280 g/mol. The predicted octanol–water partition coefficient (Wildman–Crippen LogP) is 3.17. The highest BCUT2D eigenvalue weighted by Crippen LogP contribution is 2.28. The summed E-state index contributed by atoms with van der Waals surface area (Å²) in [4.78, 5) is 19.4. The molecule has 0 N–H and O–H groups in total. The maximum atomic E-state index is 12.4. The van der Waals surface area contributed by atoms with Crippen molar-refractivity contribution in [1.82, 2.24) is 0 Å². The lowest BCUT2D eigenvalue weighted by Gasteiger charge is -2.16. The van der Waals surface area contributed by atoms with Crippen LogP contribution in [-0.2, 0) is 9.63 Å². The molecule has 1 amide bonds. The summed E-state index contributed by atoms with van der Waals surface area (Å²) < 4.78 is 0. The van der Waals surface area contributed by atoms with Crippen molar-refractivity contribution in [2.45, 2.75) is 12.5 Å². The van der Waals surface area contributed by atoms with E-state index in [1.807, 2.05) is 60.7 Å². The summed E-state index contributed by atoms with van der Waals surface area (Å²) in [6.07, 6.45) is 0.328. The van der Waals surface area contributed by atoms with Crippen LogP contribution in [0.2, 0.25) is 0 Å². The van der Waals surface area contributed by atoms with Crippen LogP contribution in [0.4, 0.5) is 5.69 Å². The number of carbonyl (C=O) groups is 1. The largest absolute Gasteiger partial charge is 0.387 e. The molecule has 1 unspecified atom stereocenters. The quantitative estimate of drug-likeness (QED) is 0.866. The third kappa shape index (κ3) is 2.79. The minimum absolute atomic E-state index is 0.125. The van der Waals surface area contributed by atoms with Crippen molar-refractivity contribution in [2.24, 2.45) is 5.16 Å². The molecule has 1 aliphatic rings. The van der Waals surface area contributed by atoms with Gasteiger partial charge in [-0.25, -0.2) is 0 Å². The van der Waals surface area contributed by atoms with Crippen LogP contribution in [0.3, 0.4) is 0 Å². The summed E-state index contributed by atoms with van der Waals surface area (Å²) in [6.45, 7) is 0. The molecule has 106 valence electrons. The minimum atomic E-state index is -0.172. The first-order valence-corrected chi connectivity index (χ1v) is 6.86. The fraction of sp³-hybridized carbons (Fsp3) is 0.176. The summed E-state index contributed by atoms with van der Waals surface area (Å²) in [6, 6.07) is 19.3. The Hall–Kier alpha value is -2.62. The summed E-state index contributed by atoms with van der Waals surface area (Å²) in [5, 5.41) is 3.97. The van der Waals surface area contributed by atoms with Gasteiger partial charge in [-0.05, 0) is 17.7 Å². The first-order valence-electron chi connectivity index (χ1n) is 6.86. The van der Waals surface area contributed by atoms with Crippen molar-refractivity contribution in [2.75, 3.05) is 11.9 Å². The van der Waals surface area contributed by atoms with Crippen molar-refractivity contribution in [3.8, 4) is 0 Å². The number of nitrogens with zero attached hydrogens (tertiary/aromatic N) is 2. The Morgan fingerprint density at radius 3 is 2.38 bits per heavy atom. The zero-order valence-corrected chi connectivity index (χ0v) is 11.8. The smallest absolute Gasteiger partial charge is 0.275 e. The van der Waals surface area contributed by atoms with E-state index in [-0.39, 0.29) is 12.0 Å². The highest BCUT2D eigenvalue weighted by Gasteiger charge is 2.29. The third-order valence-corrected chi connectivity index (χ3v) is 3.54. The fourth-order valence-electron chi connectivity index (χ4n) is 2.31. The molecule has 0 radical (unpaired) electrons. The lowest BCUT2D eigenvalue weighted by Crippen LogP contribution is -2.32. The topological polar surface area (TPSA) is 41.9 Å². The van der Waals surface area contributed by atoms with Gasteiger partial charge in [0.1, 0.15) is 5.71 Å². The number of hydrogen-bond donors (Lipinski definition) is 0. The number of para-hydroxylation sites is 1. The van der Waals surface area contributed by atoms with E-state index < -0.39 is 0 Å². The van der Waals surface area contributed by atoms with Crippen LogP contribution < -0.4 is 4.90 Å². The Balaban J connectivity index is 1.70. The number of carbonyl (C=O) groups excluding carboxylic acids is 1. The van der Waals surface area contributed by atoms with E-state index in [0.717, 1.165) is 11.3 Å². The predicted molar refractivity (Wildman–Crippen MR) is 82.2 cm³/mol. The van der Waals surface area contributed by atoms with Gasteiger partial charge in [-0.2, -0.15) is 0 Å². The molecule has 4 nitrogen and oxygen atoms in total. The molecular formula is C17H16N2O2. The van der Waals surface area contributed by atoms with Gasteiger partial charge in [0.15, 0.2) is 6.10 Å². The second-order valence-electron chi connectivity index (χ2n) is 4.95. The minimum Gasteiger partial charge on any atom is -0.387 e. The van der Waals surface area contributed by atoms with E-state index in [0.29, 0.717) is 12.1 Å². The summed E-state index contributed by atoms with van der Waals surface area (Å²) in [5.74, 6) is -0.125. The number of hydrogen-bond acceptors (Lipinski definition) is 3. The molecule has 0 spiro atoms. The van der Waals surface area contributed by atoms with Crippen molar-refractivity contribution in [3.05, 3.63) is 66.2 Å². The second-order valence-corrected chi connectivity index (χ2v) is 4.95. The SMILES string of the molecule is CN(C(=O)C1=NOC(c2ccccc2)C1)c1ccccc1. The fourth-order valence-corrected chi connectivity index (χ4v) is 2.31. The lowest BCUT2D eigenvalue weighted by atomic mass is 10.0. The van der Waals surface area contributed by atoms with Gasteiger partial charge in [-0.15, -0.1) is 0 Å². The van der Waals surface area contributed by atoms with Gasteiger partial charge in [0.05, 0.1) is 0 Å². The molecule has 0 saturated carbocycles. The summed E-state index contributed by atoms with van der Waals surface area (Å²) >= 11 is 0. The Kier molecular flexibility index (Phi) is 3.69. The van der Waals surface area contributed by atoms with Crippen LogP contribution in [-0.4, -0.2) is 18.7 Å². The first-order chi connectivity index (χ1) is 10.3. The van der Waals surface area contributed by atoms with E-state index >= 15 is 0 Å². The van der Waals surface area contributed by atoms with Gasteiger partial charge in [-0.3, -0.25) is 4.79 Å². The first kappa shape index (κ1) is 13.4. The van der Waals surface area contributed by atoms with Gasteiger partial charge < -0.3 is 9.74 Å². The highest BCUT2D eigenvalue weighted by atomic mass is 16.6. The Morgan fingerprint density at radius 2 is 1.71 bits per heavy atom. The molecule has 3 rings (SSSR count). The highest BCUT2D eigenvalue weighted by molar-refractivity contribution is 6.43. The van der Waals surface area contributed by atoms with E-state index in [1.54, 1.807) is 11.9 Å². The van der Waals surface area contributed by atoms with Crippen molar-refractivity contribution < 1.29 is 9.63 Å². The van der Waals surface area contributed by atoms with Crippen molar-refractivity contribution in [1.29, 1.82) is 0 Å². The van der Waals surface area contributed by atoms with E-state index in [1.165, 1.54) is 0 Å². The van der Waals surface area contributed by atoms with Crippen LogP contribution in [0.5, 0.6) is 0 Å². The number of rotatable bonds is 3. The molecule has 1 atom stereocenters. The average Bonchev–Trinajstić information content (AvgIpc) is 3.05. The van der Waals surface area contributed by atoms with Gasteiger partial charge in [0, 0.05) is 19.2 Å². The zero-order valence-electron chi connectivity index (χ0n) is 11.8. The van der Waals surface area contributed by atoms with Gasteiger partial charge in [0.2, 0.25) is 0 Å². The molecule has 21 heavy (non-hydrogen) atoms. The van der Waals surface area contributed by atoms with Crippen LogP contribution in [0.15, 0.2) is 65.8 Å². The molecule has 0 fully saturated rings. The Labute approximate surface area is 123 Å². The molecule has 0 aliphatic carbocycles. The molecule has 2 aromatic rings. The number of amides is 1. The van der Waals surface area contributed by atoms with Gasteiger partial charge in [0.25, 0.3) is 5.91 Å². The standard InChI is InChI=1S/C17H16N2O2/c1-19(14-10-6-3-7-11-14)17(20)15-12-16(21-18-15)13-8-4-2-5-9-13/h2-11,16H,12H2,1H3. The third-order valence-electron chi connectivity index (χ3n) is 3.54. The number of benzene rings is 2. The number of anilines is 1. The van der Waals surface area contributed by atoms with E-state index in [9.17, 15) is 4.79 Å². The van der Waals surface area contributed by atoms with Gasteiger partial charge in [-0.1, -0.05) is 53.7 Å². The Bertz CT molecular complexity index is 653. The van der Waals surface area contributed by atoms with Crippen LogP contribution in [0.25, 0.3) is 0 Å². The molecule has 0 aromatic heterocycles. The molecule has 2 aromatic carbocycles. The van der Waals surface area contributed by atoms with Crippen LogP contribution >= 0.6 is 0 Å². The van der Waals surface area contributed by atoms with Crippen LogP contribution in [0.1, 0.15) is 18.1 Å². The van der Waals surface area contributed by atoms with E-state index in [2.05, 4.69) is 5.16 Å². The molecule has 1 aliphatic heterocycles. The molecule has 0 bridgehead atoms. The summed E-state index contributed by atoms with van der Waals surface area (Å²) in [5.41, 5.74) is 2.33. The van der Waals surface area contributed by atoms with Gasteiger partial charge >= 0.3 is 0 Å². The number of oxime groups is 1. The van der Waals surface area contributed by atoms with Crippen molar-refractivity contribution >= 4 is 17.3 Å². The summed E-state index contributed by atoms with van der Waals surface area (Å²) in [7, 11) is 1.75.